The van der Waals surface area contributed by atoms with Crippen molar-refractivity contribution in [2.45, 2.75) is 5.16 Å². The highest BCUT2D eigenvalue weighted by Crippen LogP contribution is 2.31. The summed E-state index contributed by atoms with van der Waals surface area (Å²) in [6.45, 7) is 0. The average Bonchev–Trinajstić information content (AvgIpc) is 3.23. The molecule has 2 heterocycles. The molecule has 7 nitrogen and oxygen atoms in total. The van der Waals surface area contributed by atoms with Crippen LogP contribution in [0.5, 0.6) is 5.75 Å². The summed E-state index contributed by atoms with van der Waals surface area (Å²) >= 11 is 1.18. The number of ether oxygens (including phenoxy) is 1. The summed E-state index contributed by atoms with van der Waals surface area (Å²) in [5.41, 5.74) is 1.48. The van der Waals surface area contributed by atoms with E-state index in [1.54, 1.807) is 30.0 Å². The van der Waals surface area contributed by atoms with Crippen molar-refractivity contribution in [2.24, 2.45) is 0 Å². The second kappa shape index (κ2) is 9.40. The van der Waals surface area contributed by atoms with Gasteiger partial charge >= 0.3 is 0 Å². The Hall–Kier alpha value is -3.72. The van der Waals surface area contributed by atoms with Crippen LogP contribution < -0.4 is 10.1 Å². The Labute approximate surface area is 182 Å². The summed E-state index contributed by atoms with van der Waals surface area (Å²) in [6.07, 6.45) is 1.67. The van der Waals surface area contributed by atoms with E-state index in [0.29, 0.717) is 28.1 Å². The lowest BCUT2D eigenvalue weighted by atomic mass is 10.2. The van der Waals surface area contributed by atoms with Gasteiger partial charge in [0.05, 0.1) is 24.2 Å². The molecule has 31 heavy (non-hydrogen) atoms. The van der Waals surface area contributed by atoms with Gasteiger partial charge in [0, 0.05) is 6.20 Å². The summed E-state index contributed by atoms with van der Waals surface area (Å²) in [4.78, 5) is 16.8. The molecule has 4 aromatic rings. The van der Waals surface area contributed by atoms with E-state index in [2.05, 4.69) is 20.5 Å². The van der Waals surface area contributed by atoms with Gasteiger partial charge < -0.3 is 10.1 Å². The molecule has 0 bridgehead atoms. The Morgan fingerprint density at radius 2 is 1.84 bits per heavy atom. The van der Waals surface area contributed by atoms with E-state index in [0.717, 1.165) is 0 Å². The van der Waals surface area contributed by atoms with Crippen LogP contribution >= 0.6 is 11.8 Å². The quantitative estimate of drug-likeness (QED) is 0.438. The molecular weight excluding hydrogens is 417 g/mol. The number of para-hydroxylation sites is 3. The molecule has 0 unspecified atom stereocenters. The second-order valence-electron chi connectivity index (χ2n) is 6.35. The minimum Gasteiger partial charge on any atom is -0.495 e. The van der Waals surface area contributed by atoms with Crippen molar-refractivity contribution in [1.29, 1.82) is 0 Å². The molecule has 0 spiro atoms. The highest BCUT2D eigenvalue weighted by molar-refractivity contribution is 7.99. The van der Waals surface area contributed by atoms with Crippen molar-refractivity contribution in [1.82, 2.24) is 19.7 Å². The third kappa shape index (κ3) is 4.56. The van der Waals surface area contributed by atoms with E-state index < -0.39 is 5.82 Å². The number of amides is 1. The number of halogens is 1. The van der Waals surface area contributed by atoms with E-state index in [1.807, 2.05) is 42.5 Å². The van der Waals surface area contributed by atoms with Crippen LogP contribution in [0.1, 0.15) is 0 Å². The maximum atomic E-state index is 13.8. The van der Waals surface area contributed by atoms with Crippen LogP contribution in [0.25, 0.3) is 17.2 Å². The first-order chi connectivity index (χ1) is 15.2. The van der Waals surface area contributed by atoms with Crippen molar-refractivity contribution in [3.63, 3.8) is 0 Å². The van der Waals surface area contributed by atoms with Crippen LogP contribution in [0, 0.1) is 5.82 Å². The van der Waals surface area contributed by atoms with Gasteiger partial charge in [-0.25, -0.2) is 4.39 Å². The molecule has 2 aromatic heterocycles. The Kier molecular flexibility index (Phi) is 6.23. The van der Waals surface area contributed by atoms with Gasteiger partial charge in [0.1, 0.15) is 17.3 Å². The Balaban J connectivity index is 1.64. The molecule has 0 saturated carbocycles. The molecular formula is C22H18FN5O2S. The van der Waals surface area contributed by atoms with Crippen molar-refractivity contribution in [3.05, 3.63) is 78.7 Å². The number of aromatic nitrogens is 4. The molecule has 0 radical (unpaired) electrons. The zero-order valence-electron chi connectivity index (χ0n) is 16.5. The number of nitrogens with zero attached hydrogens (tertiary/aromatic N) is 4. The summed E-state index contributed by atoms with van der Waals surface area (Å²) in [5, 5.41) is 11.6. The molecule has 2 aromatic carbocycles. The lowest BCUT2D eigenvalue weighted by molar-refractivity contribution is -0.113. The van der Waals surface area contributed by atoms with Gasteiger partial charge in [0.15, 0.2) is 11.0 Å². The first kappa shape index (κ1) is 20.5. The fourth-order valence-corrected chi connectivity index (χ4v) is 3.68. The van der Waals surface area contributed by atoms with E-state index in [9.17, 15) is 9.18 Å². The maximum absolute atomic E-state index is 13.8. The Morgan fingerprint density at radius 1 is 1.06 bits per heavy atom. The van der Waals surface area contributed by atoms with E-state index >= 15 is 0 Å². The SMILES string of the molecule is COc1ccccc1-n1c(SCC(=O)Nc2ccccc2F)nnc1-c1ccccn1. The van der Waals surface area contributed by atoms with E-state index in [4.69, 9.17) is 4.74 Å². The molecule has 156 valence electrons. The van der Waals surface area contributed by atoms with Crippen LogP contribution in [0.3, 0.4) is 0 Å². The lowest BCUT2D eigenvalue weighted by Gasteiger charge is -2.13. The number of anilines is 1. The Morgan fingerprint density at radius 3 is 2.61 bits per heavy atom. The number of hydrogen-bond donors (Lipinski definition) is 1. The number of carbonyl (C=O) groups is 1. The third-order valence-corrected chi connectivity index (χ3v) is 5.26. The van der Waals surface area contributed by atoms with Gasteiger partial charge in [0.2, 0.25) is 5.91 Å². The maximum Gasteiger partial charge on any atom is 0.234 e. The van der Waals surface area contributed by atoms with Crippen molar-refractivity contribution >= 4 is 23.4 Å². The normalized spacial score (nSPS) is 10.6. The number of hydrogen-bond acceptors (Lipinski definition) is 6. The minimum atomic E-state index is -0.490. The molecule has 0 saturated heterocycles. The molecule has 0 atom stereocenters. The number of nitrogens with one attached hydrogen (secondary N) is 1. The van der Waals surface area contributed by atoms with Gasteiger partial charge in [-0.15, -0.1) is 10.2 Å². The van der Waals surface area contributed by atoms with Gasteiger partial charge in [0.25, 0.3) is 0 Å². The first-order valence-corrected chi connectivity index (χ1v) is 10.3. The standard InChI is InChI=1S/C22H18FN5O2S/c1-30-19-12-5-4-11-18(19)28-21(17-10-6-7-13-24-17)26-27-22(28)31-14-20(29)25-16-9-3-2-8-15(16)23/h2-13H,14H2,1H3,(H,25,29). The number of rotatable bonds is 7. The van der Waals surface area contributed by atoms with Crippen molar-refractivity contribution in [2.75, 3.05) is 18.2 Å². The smallest absolute Gasteiger partial charge is 0.234 e. The number of pyridine rings is 1. The van der Waals surface area contributed by atoms with Gasteiger partial charge in [-0.3, -0.25) is 14.3 Å². The average molecular weight is 435 g/mol. The molecule has 0 aliphatic rings. The van der Waals surface area contributed by atoms with Crippen LogP contribution in [0.4, 0.5) is 10.1 Å². The molecule has 0 fully saturated rings. The number of carbonyl (C=O) groups excluding carboxylic acids is 1. The van der Waals surface area contributed by atoms with Gasteiger partial charge in [-0.05, 0) is 36.4 Å². The third-order valence-electron chi connectivity index (χ3n) is 4.33. The van der Waals surface area contributed by atoms with Crippen LogP contribution in [-0.2, 0) is 4.79 Å². The molecule has 4 rings (SSSR count). The van der Waals surface area contributed by atoms with Crippen LogP contribution in [0.2, 0.25) is 0 Å². The number of methoxy groups -OCH3 is 1. The zero-order chi connectivity index (χ0) is 21.6. The largest absolute Gasteiger partial charge is 0.495 e. The van der Waals surface area contributed by atoms with Crippen molar-refractivity contribution in [3.8, 4) is 23.0 Å². The van der Waals surface area contributed by atoms with Crippen LogP contribution in [-0.4, -0.2) is 38.5 Å². The lowest BCUT2D eigenvalue weighted by Crippen LogP contribution is -2.15. The molecule has 0 aliphatic carbocycles. The molecule has 1 amide bonds. The topological polar surface area (TPSA) is 81.9 Å². The van der Waals surface area contributed by atoms with E-state index in [-0.39, 0.29) is 17.3 Å². The highest BCUT2D eigenvalue weighted by atomic mass is 32.2. The number of thioether (sulfide) groups is 1. The molecule has 1 N–H and O–H groups in total. The molecule has 9 heteroatoms. The summed E-state index contributed by atoms with van der Waals surface area (Å²) in [7, 11) is 1.58. The number of benzene rings is 2. The fraction of sp³-hybridized carbons (Fsp3) is 0.0909. The zero-order valence-corrected chi connectivity index (χ0v) is 17.3. The summed E-state index contributed by atoms with van der Waals surface area (Å²) in [5.74, 6) is 0.308. The van der Waals surface area contributed by atoms with E-state index in [1.165, 1.54) is 23.9 Å². The first-order valence-electron chi connectivity index (χ1n) is 9.35. The summed E-state index contributed by atoms with van der Waals surface area (Å²) in [6, 6.07) is 19.0. The highest BCUT2D eigenvalue weighted by Gasteiger charge is 2.20. The van der Waals surface area contributed by atoms with Gasteiger partial charge in [-0.2, -0.15) is 0 Å². The van der Waals surface area contributed by atoms with Crippen molar-refractivity contribution < 1.29 is 13.9 Å². The predicted octanol–water partition coefficient (Wildman–Crippen LogP) is 4.21. The Bertz CT molecular complexity index is 1200. The predicted molar refractivity (Wildman–Crippen MR) is 117 cm³/mol. The monoisotopic (exact) mass is 435 g/mol. The second-order valence-corrected chi connectivity index (χ2v) is 7.29. The van der Waals surface area contributed by atoms with Crippen LogP contribution in [0.15, 0.2) is 78.1 Å². The minimum absolute atomic E-state index is 0.0177. The molecule has 0 aliphatic heterocycles. The van der Waals surface area contributed by atoms with Gasteiger partial charge in [-0.1, -0.05) is 42.1 Å². The fourth-order valence-electron chi connectivity index (χ4n) is 2.94. The summed E-state index contributed by atoms with van der Waals surface area (Å²) < 4.78 is 21.1.